The summed E-state index contributed by atoms with van der Waals surface area (Å²) in [5.74, 6) is 0. The summed E-state index contributed by atoms with van der Waals surface area (Å²) < 4.78 is 0. The first-order valence-electron chi connectivity index (χ1n) is 8.96. The molecule has 2 aliphatic heterocycles. The van der Waals surface area contributed by atoms with Crippen LogP contribution in [0, 0.1) is 0 Å². The maximum absolute atomic E-state index is 3.75. The molecule has 20 heavy (non-hydrogen) atoms. The fraction of sp³-hybridized carbons (Fsp3) is 1.00. The normalized spacial score (nSPS) is 30.1. The summed E-state index contributed by atoms with van der Waals surface area (Å²) >= 11 is 0. The molecule has 2 rings (SSSR count). The van der Waals surface area contributed by atoms with E-state index in [4.69, 9.17) is 0 Å². The first-order chi connectivity index (χ1) is 9.74. The largest absolute Gasteiger partial charge is 0.313 e. The van der Waals surface area contributed by atoms with Gasteiger partial charge in [-0.15, -0.1) is 0 Å². The Labute approximate surface area is 126 Å². The molecule has 0 radical (unpaired) electrons. The summed E-state index contributed by atoms with van der Waals surface area (Å²) in [6.07, 6.45) is 8.13. The molecule has 2 saturated heterocycles. The van der Waals surface area contributed by atoms with E-state index >= 15 is 0 Å². The van der Waals surface area contributed by atoms with Gasteiger partial charge in [-0.3, -0.25) is 9.80 Å². The number of piperidine rings is 1. The molecule has 0 saturated carbocycles. The third-order valence-electron chi connectivity index (χ3n) is 5.09. The summed E-state index contributed by atoms with van der Waals surface area (Å²) in [5.41, 5.74) is 0. The van der Waals surface area contributed by atoms with Crippen molar-refractivity contribution >= 4 is 0 Å². The minimum atomic E-state index is 0.692. The molecule has 3 atom stereocenters. The number of fused-ring (bicyclic) bond motifs is 1. The fourth-order valence-corrected chi connectivity index (χ4v) is 3.90. The first-order valence-corrected chi connectivity index (χ1v) is 8.96. The third-order valence-corrected chi connectivity index (χ3v) is 5.09. The van der Waals surface area contributed by atoms with E-state index < -0.39 is 0 Å². The molecule has 0 amide bonds. The molecule has 2 aliphatic rings. The molecule has 2 fully saturated rings. The van der Waals surface area contributed by atoms with E-state index in [1.807, 2.05) is 0 Å². The van der Waals surface area contributed by atoms with Crippen LogP contribution >= 0.6 is 0 Å². The highest BCUT2D eigenvalue weighted by atomic mass is 15.3. The Hall–Kier alpha value is -0.120. The SMILES string of the molecule is CCCNC(CCC)CN1CC2CCCCN2CC1C. The van der Waals surface area contributed by atoms with E-state index in [1.165, 1.54) is 71.2 Å². The van der Waals surface area contributed by atoms with Crippen LogP contribution in [0.25, 0.3) is 0 Å². The Bertz CT molecular complexity index is 269. The van der Waals surface area contributed by atoms with E-state index in [9.17, 15) is 0 Å². The average molecular weight is 281 g/mol. The quantitative estimate of drug-likeness (QED) is 0.774. The van der Waals surface area contributed by atoms with E-state index in [0.29, 0.717) is 6.04 Å². The summed E-state index contributed by atoms with van der Waals surface area (Å²) in [4.78, 5) is 5.51. The zero-order valence-electron chi connectivity index (χ0n) is 13.9. The molecule has 1 N–H and O–H groups in total. The van der Waals surface area contributed by atoms with Crippen LogP contribution < -0.4 is 5.32 Å². The predicted octanol–water partition coefficient (Wildman–Crippen LogP) is 2.71. The molecule has 0 aromatic heterocycles. The van der Waals surface area contributed by atoms with Gasteiger partial charge in [0, 0.05) is 37.8 Å². The number of hydrogen-bond acceptors (Lipinski definition) is 3. The minimum Gasteiger partial charge on any atom is -0.313 e. The molecule has 3 nitrogen and oxygen atoms in total. The van der Waals surface area contributed by atoms with Crippen molar-refractivity contribution in [3.05, 3.63) is 0 Å². The lowest BCUT2D eigenvalue weighted by Gasteiger charge is -2.48. The monoisotopic (exact) mass is 281 g/mol. The van der Waals surface area contributed by atoms with Crippen molar-refractivity contribution in [3.8, 4) is 0 Å². The molecule has 3 unspecified atom stereocenters. The van der Waals surface area contributed by atoms with Crippen LogP contribution in [-0.2, 0) is 0 Å². The highest BCUT2D eigenvalue weighted by molar-refractivity contribution is 4.90. The van der Waals surface area contributed by atoms with Crippen molar-refractivity contribution in [1.82, 2.24) is 15.1 Å². The lowest BCUT2D eigenvalue weighted by atomic mass is 9.96. The Kier molecular flexibility index (Phi) is 6.79. The van der Waals surface area contributed by atoms with Gasteiger partial charge in [-0.1, -0.05) is 26.7 Å². The van der Waals surface area contributed by atoms with Crippen LogP contribution in [0.3, 0.4) is 0 Å². The highest BCUT2D eigenvalue weighted by Gasteiger charge is 2.33. The Morgan fingerprint density at radius 3 is 2.75 bits per heavy atom. The third kappa shape index (κ3) is 4.44. The van der Waals surface area contributed by atoms with E-state index in [1.54, 1.807) is 0 Å². The lowest BCUT2D eigenvalue weighted by Crippen LogP contribution is -2.60. The van der Waals surface area contributed by atoms with Gasteiger partial charge in [-0.25, -0.2) is 0 Å². The Morgan fingerprint density at radius 1 is 1.15 bits per heavy atom. The second-order valence-corrected chi connectivity index (χ2v) is 6.89. The smallest absolute Gasteiger partial charge is 0.0223 e. The Morgan fingerprint density at radius 2 is 2.00 bits per heavy atom. The van der Waals surface area contributed by atoms with Crippen molar-refractivity contribution in [2.75, 3.05) is 32.7 Å². The number of hydrogen-bond donors (Lipinski definition) is 1. The zero-order chi connectivity index (χ0) is 14.4. The van der Waals surface area contributed by atoms with Crippen LogP contribution in [0.1, 0.15) is 59.3 Å². The maximum atomic E-state index is 3.75. The molecule has 3 heteroatoms. The minimum absolute atomic E-state index is 0.692. The van der Waals surface area contributed by atoms with Crippen LogP contribution in [0.5, 0.6) is 0 Å². The molecule has 118 valence electrons. The topological polar surface area (TPSA) is 18.5 Å². The van der Waals surface area contributed by atoms with Gasteiger partial charge < -0.3 is 5.32 Å². The second-order valence-electron chi connectivity index (χ2n) is 6.89. The summed E-state index contributed by atoms with van der Waals surface area (Å²) in [6.45, 7) is 13.3. The predicted molar refractivity (Wildman–Crippen MR) is 87.2 cm³/mol. The van der Waals surface area contributed by atoms with Crippen LogP contribution in [0.15, 0.2) is 0 Å². The summed E-state index contributed by atoms with van der Waals surface area (Å²) in [5, 5.41) is 3.75. The first kappa shape index (κ1) is 16.3. The van der Waals surface area contributed by atoms with E-state index in [-0.39, 0.29) is 0 Å². The number of nitrogens with one attached hydrogen (secondary N) is 1. The highest BCUT2D eigenvalue weighted by Crippen LogP contribution is 2.24. The molecule has 0 bridgehead atoms. The summed E-state index contributed by atoms with van der Waals surface area (Å²) in [7, 11) is 0. The Balaban J connectivity index is 1.86. The van der Waals surface area contributed by atoms with Crippen LogP contribution in [0.4, 0.5) is 0 Å². The van der Waals surface area contributed by atoms with Gasteiger partial charge in [-0.05, 0) is 45.7 Å². The molecule has 0 aromatic carbocycles. The van der Waals surface area contributed by atoms with Gasteiger partial charge in [-0.2, -0.15) is 0 Å². The molecular weight excluding hydrogens is 246 g/mol. The van der Waals surface area contributed by atoms with Crippen molar-refractivity contribution in [2.45, 2.75) is 77.4 Å². The second kappa shape index (κ2) is 8.35. The molecular formula is C17H35N3. The van der Waals surface area contributed by atoms with Gasteiger partial charge in [0.1, 0.15) is 0 Å². The van der Waals surface area contributed by atoms with Crippen molar-refractivity contribution in [3.63, 3.8) is 0 Å². The molecule has 0 spiro atoms. The van der Waals surface area contributed by atoms with E-state index in [0.717, 1.165) is 12.1 Å². The fourth-order valence-electron chi connectivity index (χ4n) is 3.90. The van der Waals surface area contributed by atoms with Gasteiger partial charge >= 0.3 is 0 Å². The molecule has 2 heterocycles. The van der Waals surface area contributed by atoms with Crippen LogP contribution in [0.2, 0.25) is 0 Å². The standard InChI is InChI=1S/C17H35N3/c1-4-8-16(18-10-5-2)13-20-14-17-9-6-7-11-19(17)12-15(20)3/h15-18H,4-14H2,1-3H3. The zero-order valence-corrected chi connectivity index (χ0v) is 13.9. The molecule has 0 aromatic rings. The summed E-state index contributed by atoms with van der Waals surface area (Å²) in [6, 6.07) is 2.26. The van der Waals surface area contributed by atoms with Crippen LogP contribution in [-0.4, -0.2) is 60.6 Å². The van der Waals surface area contributed by atoms with Crippen molar-refractivity contribution in [2.24, 2.45) is 0 Å². The maximum Gasteiger partial charge on any atom is 0.0223 e. The lowest BCUT2D eigenvalue weighted by molar-refractivity contribution is 0.0104. The average Bonchev–Trinajstić information content (AvgIpc) is 2.45. The van der Waals surface area contributed by atoms with Gasteiger partial charge in [0.15, 0.2) is 0 Å². The molecule has 0 aliphatic carbocycles. The number of nitrogens with zero attached hydrogens (tertiary/aromatic N) is 2. The van der Waals surface area contributed by atoms with Gasteiger partial charge in [0.05, 0.1) is 0 Å². The van der Waals surface area contributed by atoms with Gasteiger partial charge in [0.2, 0.25) is 0 Å². The van der Waals surface area contributed by atoms with Crippen molar-refractivity contribution in [1.29, 1.82) is 0 Å². The van der Waals surface area contributed by atoms with Gasteiger partial charge in [0.25, 0.3) is 0 Å². The van der Waals surface area contributed by atoms with E-state index in [2.05, 4.69) is 35.9 Å². The van der Waals surface area contributed by atoms with Crippen molar-refractivity contribution < 1.29 is 0 Å². The number of piperazine rings is 1. The number of rotatable bonds is 7.